The van der Waals surface area contributed by atoms with Gasteiger partial charge in [-0.1, -0.05) is 8.80 Å². The number of nitrogens with zero attached hydrogens (tertiary/aromatic N) is 2. The number of ether oxygens (including phenoxy) is 1. The lowest BCUT2D eigenvalue weighted by atomic mass is 10.3. The lowest BCUT2D eigenvalue weighted by molar-refractivity contribution is 0.402. The van der Waals surface area contributed by atoms with E-state index in [1.807, 2.05) is 0 Å². The third-order valence-corrected chi connectivity index (χ3v) is 4.38. The van der Waals surface area contributed by atoms with Gasteiger partial charge in [0.2, 0.25) is 0 Å². The van der Waals surface area contributed by atoms with Crippen LogP contribution in [0.15, 0.2) is 36.8 Å². The van der Waals surface area contributed by atoms with E-state index < -0.39 is 29.8 Å². The minimum atomic E-state index is -4.48. The summed E-state index contributed by atoms with van der Waals surface area (Å²) in [4.78, 5) is 18.8. The number of isocyanates is 2. The van der Waals surface area contributed by atoms with Gasteiger partial charge in [0.05, 0.1) is 12.0 Å². The number of hydrogen-bond donors (Lipinski definition) is 0. The van der Waals surface area contributed by atoms with Crippen LogP contribution in [0.1, 0.15) is 0 Å². The predicted octanol–water partition coefficient (Wildman–Crippen LogP) is -0.256. The molecule has 0 fully saturated rings. The highest BCUT2D eigenvalue weighted by Crippen LogP contribution is 2.28. The van der Waals surface area contributed by atoms with Crippen LogP contribution in [-0.2, 0) is 29.6 Å². The zero-order valence-corrected chi connectivity index (χ0v) is 11.4. The molecule has 0 bridgehead atoms. The largest absolute Gasteiger partial charge is 0.495 e. The average Bonchev–Trinajstić information content (AvgIpc) is 2.37. The molecular formula is C9H6N2O7S2. The van der Waals surface area contributed by atoms with Crippen molar-refractivity contribution >= 4 is 32.2 Å². The van der Waals surface area contributed by atoms with Crippen molar-refractivity contribution in [3.63, 3.8) is 0 Å². The Morgan fingerprint density at radius 1 is 1.00 bits per heavy atom. The molecule has 20 heavy (non-hydrogen) atoms. The number of rotatable bonds is 5. The molecule has 0 aliphatic rings. The zero-order chi connectivity index (χ0) is 15.4. The molecule has 0 spiro atoms. The molecule has 0 unspecified atom stereocenters. The predicted molar refractivity (Wildman–Crippen MR) is 63.6 cm³/mol. The van der Waals surface area contributed by atoms with E-state index in [0.29, 0.717) is 6.07 Å². The summed E-state index contributed by atoms with van der Waals surface area (Å²) < 4.78 is 56.2. The van der Waals surface area contributed by atoms with Crippen LogP contribution in [0, 0.1) is 0 Å². The van der Waals surface area contributed by atoms with Crippen LogP contribution in [-0.4, -0.2) is 36.1 Å². The first kappa shape index (κ1) is 15.7. The van der Waals surface area contributed by atoms with Gasteiger partial charge in [0.15, 0.2) is 0 Å². The Balaban J connectivity index is 3.69. The number of carbonyl (C=O) groups excluding carboxylic acids is 2. The molecule has 1 aromatic rings. The molecular weight excluding hydrogens is 312 g/mol. The summed E-state index contributed by atoms with van der Waals surface area (Å²) >= 11 is 0. The maximum Gasteiger partial charge on any atom is 0.296 e. The minimum absolute atomic E-state index is 0.238. The van der Waals surface area contributed by atoms with Gasteiger partial charge < -0.3 is 4.74 Å². The first-order valence-corrected chi connectivity index (χ1v) is 7.53. The van der Waals surface area contributed by atoms with E-state index >= 15 is 0 Å². The van der Waals surface area contributed by atoms with Crippen LogP contribution in [0.2, 0.25) is 0 Å². The summed E-state index contributed by atoms with van der Waals surface area (Å²) in [5.41, 5.74) is 0. The van der Waals surface area contributed by atoms with Gasteiger partial charge in [-0.25, -0.2) is 9.59 Å². The number of sulfonamides is 2. The lowest BCUT2D eigenvalue weighted by Crippen LogP contribution is -2.04. The molecule has 0 heterocycles. The van der Waals surface area contributed by atoms with Crippen LogP contribution in [0.4, 0.5) is 0 Å². The van der Waals surface area contributed by atoms with Crippen LogP contribution in [0.25, 0.3) is 0 Å². The molecule has 0 aliphatic heterocycles. The average molecular weight is 318 g/mol. The standard InChI is InChI=1S/C9H6N2O7S2/c1-18-8-3-2-7(19(14,15)10-5-12)4-9(8)20(16,17)11-6-13/h2-4H,1H3. The molecule has 9 nitrogen and oxygen atoms in total. The summed E-state index contributed by atoms with van der Waals surface area (Å²) in [7, 11) is -7.74. The minimum Gasteiger partial charge on any atom is -0.495 e. The topological polar surface area (TPSA) is 136 Å². The molecule has 0 N–H and O–H groups in total. The first-order valence-electron chi connectivity index (χ1n) is 4.65. The quantitative estimate of drug-likeness (QED) is 0.539. The van der Waals surface area contributed by atoms with Gasteiger partial charge in [0.1, 0.15) is 10.6 Å². The van der Waals surface area contributed by atoms with E-state index in [0.717, 1.165) is 31.4 Å². The molecule has 1 aromatic carbocycles. The third kappa shape index (κ3) is 3.16. The molecule has 11 heteroatoms. The second-order valence-corrected chi connectivity index (χ2v) is 6.30. The molecule has 1 rings (SSSR count). The monoisotopic (exact) mass is 318 g/mol. The maximum atomic E-state index is 11.6. The summed E-state index contributed by atoms with van der Waals surface area (Å²) in [6.07, 6.45) is 1.68. The molecule has 0 aliphatic carbocycles. The smallest absolute Gasteiger partial charge is 0.296 e. The second kappa shape index (κ2) is 5.76. The van der Waals surface area contributed by atoms with Gasteiger partial charge in [-0.2, -0.15) is 16.8 Å². The van der Waals surface area contributed by atoms with E-state index in [1.54, 1.807) is 0 Å². The molecule has 0 aromatic heterocycles. The Hall–Kier alpha value is -2.32. The Morgan fingerprint density at radius 3 is 2.05 bits per heavy atom. The molecule has 0 saturated carbocycles. The van der Waals surface area contributed by atoms with Gasteiger partial charge in [0, 0.05) is 0 Å². The maximum absolute atomic E-state index is 11.6. The molecule has 106 valence electrons. The van der Waals surface area contributed by atoms with Gasteiger partial charge >= 0.3 is 0 Å². The number of methoxy groups -OCH3 is 1. The Morgan fingerprint density at radius 2 is 1.55 bits per heavy atom. The van der Waals surface area contributed by atoms with Crippen molar-refractivity contribution in [2.75, 3.05) is 7.11 Å². The SMILES string of the molecule is COc1ccc(S(=O)(=O)N=C=O)cc1S(=O)(=O)N=C=O. The van der Waals surface area contributed by atoms with Crippen LogP contribution in [0.3, 0.4) is 0 Å². The van der Waals surface area contributed by atoms with Gasteiger partial charge in [-0.15, -0.1) is 0 Å². The molecule has 0 atom stereocenters. The molecule has 0 radical (unpaired) electrons. The Bertz CT molecular complexity index is 829. The van der Waals surface area contributed by atoms with E-state index in [-0.39, 0.29) is 5.75 Å². The summed E-state index contributed by atoms with van der Waals surface area (Å²) in [6.45, 7) is 0. The van der Waals surface area contributed by atoms with E-state index in [4.69, 9.17) is 4.74 Å². The highest BCUT2D eigenvalue weighted by atomic mass is 32.2. The van der Waals surface area contributed by atoms with Crippen molar-refractivity contribution in [3.8, 4) is 5.75 Å². The first-order chi connectivity index (χ1) is 9.28. The van der Waals surface area contributed by atoms with Crippen molar-refractivity contribution in [2.45, 2.75) is 9.79 Å². The fraction of sp³-hybridized carbons (Fsp3) is 0.111. The third-order valence-electron chi connectivity index (χ3n) is 2.03. The normalized spacial score (nSPS) is 11.1. The summed E-state index contributed by atoms with van der Waals surface area (Å²) in [5.74, 6) is -0.238. The Kier molecular flexibility index (Phi) is 4.53. The zero-order valence-electron chi connectivity index (χ0n) is 9.80. The number of hydrogen-bond acceptors (Lipinski definition) is 7. The van der Waals surface area contributed by atoms with Crippen LogP contribution >= 0.6 is 0 Å². The Labute approximate surface area is 113 Å². The van der Waals surface area contributed by atoms with Crippen molar-refractivity contribution in [1.82, 2.24) is 0 Å². The fourth-order valence-electron chi connectivity index (χ4n) is 1.22. The molecule has 0 saturated heterocycles. The van der Waals surface area contributed by atoms with Gasteiger partial charge in [-0.3, -0.25) is 0 Å². The lowest BCUT2D eigenvalue weighted by Gasteiger charge is -2.07. The molecule has 0 amide bonds. The van der Waals surface area contributed by atoms with Gasteiger partial charge in [-0.05, 0) is 18.2 Å². The van der Waals surface area contributed by atoms with Crippen molar-refractivity contribution in [3.05, 3.63) is 18.2 Å². The van der Waals surface area contributed by atoms with E-state index in [9.17, 15) is 26.4 Å². The highest BCUT2D eigenvalue weighted by Gasteiger charge is 2.23. The van der Waals surface area contributed by atoms with Crippen molar-refractivity contribution in [2.24, 2.45) is 8.80 Å². The van der Waals surface area contributed by atoms with E-state index in [1.165, 1.54) is 0 Å². The summed E-state index contributed by atoms with van der Waals surface area (Å²) in [6, 6.07) is 2.64. The van der Waals surface area contributed by atoms with Crippen LogP contribution in [0.5, 0.6) is 5.75 Å². The van der Waals surface area contributed by atoms with Crippen molar-refractivity contribution < 1.29 is 31.2 Å². The second-order valence-electron chi connectivity index (χ2n) is 3.13. The summed E-state index contributed by atoms with van der Waals surface area (Å²) in [5, 5.41) is 0. The number of benzene rings is 1. The van der Waals surface area contributed by atoms with Crippen LogP contribution < -0.4 is 4.74 Å². The van der Waals surface area contributed by atoms with E-state index in [2.05, 4.69) is 8.80 Å². The fourth-order valence-corrected chi connectivity index (χ4v) is 2.88. The van der Waals surface area contributed by atoms with Crippen molar-refractivity contribution in [1.29, 1.82) is 0 Å². The highest BCUT2D eigenvalue weighted by molar-refractivity contribution is 7.91. The van der Waals surface area contributed by atoms with Gasteiger partial charge in [0.25, 0.3) is 32.2 Å².